The van der Waals surface area contributed by atoms with Crippen molar-refractivity contribution in [2.45, 2.75) is 12.8 Å². The number of carbonyl (C=O) groups excluding carboxylic acids is 2. The molecule has 5 nitrogen and oxygen atoms in total. The van der Waals surface area contributed by atoms with E-state index in [1.807, 2.05) is 6.07 Å². The Balaban J connectivity index is 2.16. The monoisotopic (exact) mass is 234 g/mol. The van der Waals surface area contributed by atoms with Crippen LogP contribution < -0.4 is 4.90 Å². The van der Waals surface area contributed by atoms with Gasteiger partial charge in [0.05, 0.1) is 7.11 Å². The van der Waals surface area contributed by atoms with Gasteiger partial charge in [-0.25, -0.2) is 9.78 Å². The van der Waals surface area contributed by atoms with Crippen LogP contribution in [0.15, 0.2) is 18.3 Å². The van der Waals surface area contributed by atoms with E-state index in [9.17, 15) is 9.59 Å². The van der Waals surface area contributed by atoms with Gasteiger partial charge < -0.3 is 9.64 Å². The predicted molar refractivity (Wildman–Crippen MR) is 62.0 cm³/mol. The van der Waals surface area contributed by atoms with E-state index in [1.165, 1.54) is 7.11 Å². The number of Topliss-reactive ketones (excluding diaryl/α,β-unsaturated/α-hetero) is 1. The number of rotatable bonds is 2. The van der Waals surface area contributed by atoms with E-state index in [0.29, 0.717) is 37.4 Å². The molecule has 1 aromatic rings. The topological polar surface area (TPSA) is 59.5 Å². The van der Waals surface area contributed by atoms with E-state index in [4.69, 9.17) is 0 Å². The third kappa shape index (κ3) is 2.61. The number of aromatic nitrogens is 1. The number of esters is 1. The molecular formula is C12H14N2O3. The second-order valence-corrected chi connectivity index (χ2v) is 3.92. The molecule has 0 aliphatic carbocycles. The highest BCUT2D eigenvalue weighted by molar-refractivity contribution is 5.88. The molecule has 2 heterocycles. The molecule has 5 heteroatoms. The summed E-state index contributed by atoms with van der Waals surface area (Å²) in [6, 6.07) is 3.53. The molecule has 1 aliphatic rings. The molecule has 1 saturated heterocycles. The SMILES string of the molecule is COC(=O)c1cc(N2CCC(=O)CC2)ccn1. The largest absolute Gasteiger partial charge is 0.464 e. The number of nitrogens with zero attached hydrogens (tertiary/aromatic N) is 2. The van der Waals surface area contributed by atoms with Gasteiger partial charge in [0, 0.05) is 37.8 Å². The van der Waals surface area contributed by atoms with Crippen LogP contribution in [-0.4, -0.2) is 36.9 Å². The molecule has 0 amide bonds. The maximum absolute atomic E-state index is 11.3. The molecular weight excluding hydrogens is 220 g/mol. The zero-order valence-corrected chi connectivity index (χ0v) is 9.68. The van der Waals surface area contributed by atoms with Gasteiger partial charge in [-0.3, -0.25) is 4.79 Å². The summed E-state index contributed by atoms with van der Waals surface area (Å²) in [6.45, 7) is 1.40. The number of carbonyl (C=O) groups is 2. The van der Waals surface area contributed by atoms with Crippen molar-refractivity contribution in [3.05, 3.63) is 24.0 Å². The summed E-state index contributed by atoms with van der Waals surface area (Å²) in [5.74, 6) is -0.150. The van der Waals surface area contributed by atoms with Gasteiger partial charge in [-0.1, -0.05) is 0 Å². The second-order valence-electron chi connectivity index (χ2n) is 3.92. The van der Waals surface area contributed by atoms with Gasteiger partial charge in [0.25, 0.3) is 0 Å². The first-order chi connectivity index (χ1) is 8.20. The molecule has 2 rings (SSSR count). The van der Waals surface area contributed by atoms with Gasteiger partial charge in [-0.15, -0.1) is 0 Å². The van der Waals surface area contributed by atoms with Gasteiger partial charge in [0.15, 0.2) is 0 Å². The zero-order chi connectivity index (χ0) is 12.3. The van der Waals surface area contributed by atoms with Crippen LogP contribution in [0.25, 0.3) is 0 Å². The van der Waals surface area contributed by atoms with E-state index in [-0.39, 0.29) is 0 Å². The summed E-state index contributed by atoms with van der Waals surface area (Å²) >= 11 is 0. The summed E-state index contributed by atoms with van der Waals surface area (Å²) < 4.78 is 4.62. The smallest absolute Gasteiger partial charge is 0.356 e. The van der Waals surface area contributed by atoms with Crippen molar-refractivity contribution in [1.29, 1.82) is 0 Å². The normalized spacial score (nSPS) is 15.8. The third-order valence-electron chi connectivity index (χ3n) is 2.82. The van der Waals surface area contributed by atoms with Crippen molar-refractivity contribution < 1.29 is 14.3 Å². The number of methoxy groups -OCH3 is 1. The minimum atomic E-state index is -0.445. The Kier molecular flexibility index (Phi) is 3.37. The number of piperidine rings is 1. The van der Waals surface area contributed by atoms with Crippen LogP contribution >= 0.6 is 0 Å². The molecule has 0 N–H and O–H groups in total. The molecule has 0 radical (unpaired) electrons. The maximum Gasteiger partial charge on any atom is 0.356 e. The average molecular weight is 234 g/mol. The lowest BCUT2D eigenvalue weighted by Gasteiger charge is -2.28. The Morgan fingerprint density at radius 3 is 2.76 bits per heavy atom. The molecule has 1 aromatic heterocycles. The Bertz CT molecular complexity index is 435. The summed E-state index contributed by atoms with van der Waals surface area (Å²) in [5.41, 5.74) is 1.20. The van der Waals surface area contributed by atoms with Crippen molar-refractivity contribution in [3.63, 3.8) is 0 Å². The van der Waals surface area contributed by atoms with Crippen LogP contribution in [0.1, 0.15) is 23.3 Å². The van der Waals surface area contributed by atoms with Crippen LogP contribution in [0.4, 0.5) is 5.69 Å². The van der Waals surface area contributed by atoms with Crippen molar-refractivity contribution in [1.82, 2.24) is 4.98 Å². The fourth-order valence-corrected chi connectivity index (χ4v) is 1.85. The first-order valence-electron chi connectivity index (χ1n) is 5.51. The van der Waals surface area contributed by atoms with E-state index in [1.54, 1.807) is 12.3 Å². The fraction of sp³-hybridized carbons (Fsp3) is 0.417. The van der Waals surface area contributed by atoms with Crippen LogP contribution in [0.5, 0.6) is 0 Å². The molecule has 90 valence electrons. The van der Waals surface area contributed by atoms with Crippen molar-refractivity contribution >= 4 is 17.4 Å². The lowest BCUT2D eigenvalue weighted by molar-refractivity contribution is -0.119. The van der Waals surface area contributed by atoms with Crippen molar-refractivity contribution in [2.75, 3.05) is 25.1 Å². The molecule has 0 bridgehead atoms. The van der Waals surface area contributed by atoms with E-state index < -0.39 is 5.97 Å². The van der Waals surface area contributed by atoms with Crippen LogP contribution in [0.3, 0.4) is 0 Å². The Morgan fingerprint density at radius 1 is 1.41 bits per heavy atom. The summed E-state index contributed by atoms with van der Waals surface area (Å²) in [4.78, 5) is 28.5. The van der Waals surface area contributed by atoms with E-state index in [2.05, 4.69) is 14.6 Å². The average Bonchev–Trinajstić information content (AvgIpc) is 2.39. The van der Waals surface area contributed by atoms with Crippen LogP contribution in [0, 0.1) is 0 Å². The molecule has 0 saturated carbocycles. The van der Waals surface area contributed by atoms with Crippen LogP contribution in [0.2, 0.25) is 0 Å². The molecule has 0 aromatic carbocycles. The highest BCUT2D eigenvalue weighted by Crippen LogP contribution is 2.18. The summed E-state index contributed by atoms with van der Waals surface area (Å²) in [7, 11) is 1.33. The number of hydrogen-bond donors (Lipinski definition) is 0. The molecule has 17 heavy (non-hydrogen) atoms. The molecule has 0 unspecified atom stereocenters. The molecule has 1 aliphatic heterocycles. The Hall–Kier alpha value is -1.91. The standard InChI is InChI=1S/C12H14N2O3/c1-17-12(16)11-8-9(2-5-13-11)14-6-3-10(15)4-7-14/h2,5,8H,3-4,6-7H2,1H3. The van der Waals surface area contributed by atoms with Crippen molar-refractivity contribution in [2.24, 2.45) is 0 Å². The van der Waals surface area contributed by atoms with Crippen LogP contribution in [-0.2, 0) is 9.53 Å². The lowest BCUT2D eigenvalue weighted by atomic mass is 10.1. The number of hydrogen-bond acceptors (Lipinski definition) is 5. The number of anilines is 1. The highest BCUT2D eigenvalue weighted by atomic mass is 16.5. The van der Waals surface area contributed by atoms with Gasteiger partial charge in [-0.05, 0) is 12.1 Å². The van der Waals surface area contributed by atoms with Gasteiger partial charge in [0.1, 0.15) is 11.5 Å². The third-order valence-corrected chi connectivity index (χ3v) is 2.82. The Morgan fingerprint density at radius 2 is 2.12 bits per heavy atom. The lowest BCUT2D eigenvalue weighted by Crippen LogP contribution is -2.33. The molecule has 0 spiro atoms. The quantitative estimate of drug-likeness (QED) is 0.715. The Labute approximate surface area is 99.4 Å². The number of pyridine rings is 1. The van der Waals surface area contributed by atoms with Gasteiger partial charge >= 0.3 is 5.97 Å². The predicted octanol–water partition coefficient (Wildman–Crippen LogP) is 1.04. The number of ketones is 1. The number of ether oxygens (including phenoxy) is 1. The fourth-order valence-electron chi connectivity index (χ4n) is 1.85. The molecule has 1 fully saturated rings. The zero-order valence-electron chi connectivity index (χ0n) is 9.68. The minimum Gasteiger partial charge on any atom is -0.464 e. The first-order valence-corrected chi connectivity index (χ1v) is 5.51. The second kappa shape index (κ2) is 4.95. The van der Waals surface area contributed by atoms with Gasteiger partial charge in [-0.2, -0.15) is 0 Å². The summed E-state index contributed by atoms with van der Waals surface area (Å²) in [5, 5.41) is 0. The van der Waals surface area contributed by atoms with Gasteiger partial charge in [0.2, 0.25) is 0 Å². The maximum atomic E-state index is 11.3. The van der Waals surface area contributed by atoms with E-state index in [0.717, 1.165) is 5.69 Å². The summed E-state index contributed by atoms with van der Waals surface area (Å²) in [6.07, 6.45) is 2.71. The van der Waals surface area contributed by atoms with E-state index >= 15 is 0 Å². The van der Waals surface area contributed by atoms with Crippen molar-refractivity contribution in [3.8, 4) is 0 Å². The highest BCUT2D eigenvalue weighted by Gasteiger charge is 2.17. The first kappa shape index (κ1) is 11.6. The molecule has 0 atom stereocenters. The minimum absolute atomic E-state index is 0.293.